The number of benzene rings is 1. The van der Waals surface area contributed by atoms with Crippen molar-refractivity contribution in [2.24, 2.45) is 0 Å². The van der Waals surface area contributed by atoms with Crippen LogP contribution in [0.25, 0.3) is 0 Å². The predicted molar refractivity (Wildman–Crippen MR) is 101 cm³/mol. The summed E-state index contributed by atoms with van der Waals surface area (Å²) in [6.45, 7) is 0. The second kappa shape index (κ2) is 7.53. The van der Waals surface area contributed by atoms with Crippen molar-refractivity contribution in [3.8, 4) is 0 Å². The predicted octanol–water partition coefficient (Wildman–Crippen LogP) is 4.04. The summed E-state index contributed by atoms with van der Waals surface area (Å²) in [5.41, 5.74) is 1.82. The number of carbonyl (C=O) groups excluding carboxylic acids is 2. The van der Waals surface area contributed by atoms with Crippen molar-refractivity contribution in [2.75, 3.05) is 10.6 Å². The fourth-order valence-electron chi connectivity index (χ4n) is 3.82. The summed E-state index contributed by atoms with van der Waals surface area (Å²) in [5.74, 6) is 0.0813. The highest BCUT2D eigenvalue weighted by Crippen LogP contribution is 2.36. The molecule has 1 aromatic heterocycles. The van der Waals surface area contributed by atoms with E-state index in [0.29, 0.717) is 17.5 Å². The fraction of sp³-hybridized carbons (Fsp3) is 0.474. The van der Waals surface area contributed by atoms with Gasteiger partial charge in [0.25, 0.3) is 0 Å². The van der Waals surface area contributed by atoms with Gasteiger partial charge in [0.2, 0.25) is 16.9 Å². The van der Waals surface area contributed by atoms with E-state index < -0.39 is 0 Å². The minimum absolute atomic E-state index is 0.0329. The number of rotatable bonds is 5. The molecule has 0 radical (unpaired) electrons. The zero-order chi connectivity index (χ0) is 17.9. The number of hydrogen-bond donors (Lipinski definition) is 2. The molecule has 1 aromatic carbocycles. The van der Waals surface area contributed by atoms with E-state index in [1.807, 2.05) is 24.3 Å². The third kappa shape index (κ3) is 3.62. The lowest BCUT2D eigenvalue weighted by Gasteiger charge is -2.18. The molecule has 26 heavy (non-hydrogen) atoms. The minimum atomic E-state index is -0.260. The lowest BCUT2D eigenvalue weighted by Crippen LogP contribution is -2.16. The summed E-state index contributed by atoms with van der Waals surface area (Å²) in [6, 6.07) is 7.64. The fourth-order valence-corrected chi connectivity index (χ4v) is 4.75. The maximum absolute atomic E-state index is 12.3. The molecular formula is C19H22N4O2S. The number of anilines is 2. The summed E-state index contributed by atoms with van der Waals surface area (Å²) in [4.78, 5) is 24.4. The Morgan fingerprint density at radius 2 is 2.00 bits per heavy atom. The Morgan fingerprint density at radius 3 is 2.85 bits per heavy atom. The van der Waals surface area contributed by atoms with Crippen LogP contribution >= 0.6 is 11.3 Å². The quantitative estimate of drug-likeness (QED) is 0.832. The van der Waals surface area contributed by atoms with Gasteiger partial charge in [0.15, 0.2) is 0 Å². The first kappa shape index (κ1) is 17.1. The van der Waals surface area contributed by atoms with Gasteiger partial charge in [0.1, 0.15) is 5.01 Å². The van der Waals surface area contributed by atoms with Crippen LogP contribution in [0.2, 0.25) is 0 Å². The monoisotopic (exact) mass is 370 g/mol. The van der Waals surface area contributed by atoms with Gasteiger partial charge in [0, 0.05) is 18.0 Å². The third-order valence-corrected chi connectivity index (χ3v) is 6.21. The van der Waals surface area contributed by atoms with Gasteiger partial charge in [-0.25, -0.2) is 0 Å². The molecule has 7 heteroatoms. The van der Waals surface area contributed by atoms with Crippen molar-refractivity contribution >= 4 is 34.0 Å². The molecule has 0 bridgehead atoms. The molecule has 136 valence electrons. The Hall–Kier alpha value is -2.28. The van der Waals surface area contributed by atoms with Gasteiger partial charge in [-0.05, 0) is 30.9 Å². The number of nitrogens with zero attached hydrogens (tertiary/aromatic N) is 2. The van der Waals surface area contributed by atoms with Crippen molar-refractivity contribution in [1.29, 1.82) is 0 Å². The Balaban J connectivity index is 1.32. The molecule has 0 saturated heterocycles. The molecule has 1 aliphatic heterocycles. The van der Waals surface area contributed by atoms with Crippen LogP contribution in [0.4, 0.5) is 10.8 Å². The van der Waals surface area contributed by atoms with Gasteiger partial charge < -0.3 is 10.6 Å². The zero-order valence-electron chi connectivity index (χ0n) is 14.5. The number of hydrogen-bond acceptors (Lipinski definition) is 5. The average molecular weight is 370 g/mol. The molecule has 2 aromatic rings. The van der Waals surface area contributed by atoms with E-state index in [4.69, 9.17) is 0 Å². The van der Waals surface area contributed by atoms with Crippen LogP contribution in [0.3, 0.4) is 0 Å². The first-order chi connectivity index (χ1) is 12.7. The van der Waals surface area contributed by atoms with E-state index in [-0.39, 0.29) is 24.2 Å². The summed E-state index contributed by atoms with van der Waals surface area (Å²) >= 11 is 1.48. The lowest BCUT2D eigenvalue weighted by molar-refractivity contribution is -0.118. The van der Waals surface area contributed by atoms with Crippen molar-refractivity contribution in [2.45, 2.75) is 56.8 Å². The molecule has 1 atom stereocenters. The molecule has 0 spiro atoms. The van der Waals surface area contributed by atoms with Crippen LogP contribution in [0, 0.1) is 0 Å². The number of amides is 2. The number of nitrogens with one attached hydrogen (secondary N) is 2. The van der Waals surface area contributed by atoms with Crippen molar-refractivity contribution in [3.63, 3.8) is 0 Å². The van der Waals surface area contributed by atoms with Crippen molar-refractivity contribution in [3.05, 3.63) is 34.8 Å². The highest BCUT2D eigenvalue weighted by Gasteiger charge is 2.30. The summed E-state index contributed by atoms with van der Waals surface area (Å²) in [7, 11) is 0. The Bertz CT molecular complexity index is 813. The van der Waals surface area contributed by atoms with Crippen LogP contribution in [-0.2, 0) is 9.59 Å². The zero-order valence-corrected chi connectivity index (χ0v) is 15.3. The number of fused-ring (bicyclic) bond motifs is 1. The highest BCUT2D eigenvalue weighted by atomic mass is 32.1. The van der Waals surface area contributed by atoms with Gasteiger partial charge >= 0.3 is 0 Å². The number of para-hydroxylation sites is 1. The van der Waals surface area contributed by atoms with Crippen LogP contribution in [0.1, 0.15) is 67.4 Å². The lowest BCUT2D eigenvalue weighted by atomic mass is 9.90. The van der Waals surface area contributed by atoms with Gasteiger partial charge in [-0.15, -0.1) is 10.2 Å². The second-order valence-electron chi connectivity index (χ2n) is 7.00. The molecule has 4 rings (SSSR count). The smallest absolute Gasteiger partial charge is 0.232 e. The summed E-state index contributed by atoms with van der Waals surface area (Å²) in [6.07, 6.45) is 6.90. The summed E-state index contributed by atoms with van der Waals surface area (Å²) < 4.78 is 0. The third-order valence-electron chi connectivity index (χ3n) is 5.21. The van der Waals surface area contributed by atoms with Gasteiger partial charge in [-0.3, -0.25) is 9.59 Å². The SMILES string of the molecule is O=C(CCC1C(=O)Nc2ccccc21)Nc1nnc(C2CCCCC2)s1. The van der Waals surface area contributed by atoms with Crippen LogP contribution in [-0.4, -0.2) is 22.0 Å². The Morgan fingerprint density at radius 1 is 1.19 bits per heavy atom. The Labute approximate surface area is 156 Å². The second-order valence-corrected chi connectivity index (χ2v) is 8.01. The Kier molecular flexibility index (Phi) is 4.97. The number of carbonyl (C=O) groups is 2. The van der Waals surface area contributed by atoms with E-state index in [2.05, 4.69) is 20.8 Å². The molecular weight excluding hydrogens is 348 g/mol. The van der Waals surface area contributed by atoms with E-state index >= 15 is 0 Å². The molecule has 6 nitrogen and oxygen atoms in total. The maximum atomic E-state index is 12.3. The van der Waals surface area contributed by atoms with E-state index in [9.17, 15) is 9.59 Å². The molecule has 2 aliphatic rings. The van der Waals surface area contributed by atoms with Crippen molar-refractivity contribution < 1.29 is 9.59 Å². The average Bonchev–Trinajstić information content (AvgIpc) is 3.24. The standard InChI is InChI=1S/C19H22N4O2S/c24-16(11-10-14-13-8-4-5-9-15(13)20-17(14)25)21-19-23-22-18(26-19)12-6-2-1-3-7-12/h4-5,8-9,12,14H,1-3,6-7,10-11H2,(H,20,25)(H,21,23,24). The minimum Gasteiger partial charge on any atom is -0.325 e. The topological polar surface area (TPSA) is 84.0 Å². The molecule has 1 saturated carbocycles. The van der Waals surface area contributed by atoms with Crippen LogP contribution < -0.4 is 10.6 Å². The molecule has 2 N–H and O–H groups in total. The molecule has 2 heterocycles. The van der Waals surface area contributed by atoms with E-state index in [0.717, 1.165) is 16.3 Å². The van der Waals surface area contributed by atoms with E-state index in [1.54, 1.807) is 0 Å². The molecule has 1 aliphatic carbocycles. The first-order valence-electron chi connectivity index (χ1n) is 9.24. The molecule has 2 amide bonds. The van der Waals surface area contributed by atoms with Gasteiger partial charge in [0.05, 0.1) is 5.92 Å². The number of aromatic nitrogens is 2. The molecule has 1 fully saturated rings. The van der Waals surface area contributed by atoms with Gasteiger partial charge in [-0.2, -0.15) is 0 Å². The summed E-state index contributed by atoms with van der Waals surface area (Å²) in [5, 5.41) is 15.7. The van der Waals surface area contributed by atoms with Crippen molar-refractivity contribution in [1.82, 2.24) is 10.2 Å². The maximum Gasteiger partial charge on any atom is 0.232 e. The van der Waals surface area contributed by atoms with Crippen LogP contribution in [0.5, 0.6) is 0 Å². The van der Waals surface area contributed by atoms with Crippen LogP contribution in [0.15, 0.2) is 24.3 Å². The highest BCUT2D eigenvalue weighted by molar-refractivity contribution is 7.15. The van der Waals surface area contributed by atoms with Gasteiger partial charge in [-0.1, -0.05) is 48.8 Å². The normalized spacial score (nSPS) is 19.8. The largest absolute Gasteiger partial charge is 0.325 e. The molecule has 1 unspecified atom stereocenters. The van der Waals surface area contributed by atoms with E-state index in [1.165, 1.54) is 43.4 Å². The first-order valence-corrected chi connectivity index (χ1v) is 10.1.